The van der Waals surface area contributed by atoms with Crippen molar-refractivity contribution in [1.29, 1.82) is 0 Å². The van der Waals surface area contributed by atoms with Crippen LogP contribution in [0.5, 0.6) is 5.75 Å². The molecular formula is C22H20N2O2. The molecule has 0 radical (unpaired) electrons. The van der Waals surface area contributed by atoms with Crippen molar-refractivity contribution in [2.24, 2.45) is 5.10 Å². The molecule has 0 aliphatic rings. The summed E-state index contributed by atoms with van der Waals surface area (Å²) in [7, 11) is 0. The topological polar surface area (TPSA) is 61.7 Å². The van der Waals surface area contributed by atoms with E-state index in [0.717, 1.165) is 16.8 Å². The fourth-order valence-corrected chi connectivity index (χ4v) is 2.61. The number of aromatic hydroxyl groups is 1. The van der Waals surface area contributed by atoms with Gasteiger partial charge in [-0.3, -0.25) is 4.79 Å². The second-order valence-electron chi connectivity index (χ2n) is 5.99. The molecule has 0 saturated carbocycles. The minimum absolute atomic E-state index is 0.124. The van der Waals surface area contributed by atoms with Gasteiger partial charge in [-0.1, -0.05) is 60.7 Å². The van der Waals surface area contributed by atoms with E-state index in [2.05, 4.69) is 10.5 Å². The Morgan fingerprint density at radius 2 is 1.27 bits per heavy atom. The Morgan fingerprint density at radius 1 is 0.769 bits per heavy atom. The van der Waals surface area contributed by atoms with Gasteiger partial charge in [0.15, 0.2) is 0 Å². The zero-order chi connectivity index (χ0) is 18.2. The predicted octanol–water partition coefficient (Wildman–Crippen LogP) is 3.96. The third kappa shape index (κ3) is 5.05. The van der Waals surface area contributed by atoms with Gasteiger partial charge in [0.1, 0.15) is 5.75 Å². The summed E-state index contributed by atoms with van der Waals surface area (Å²) in [6.07, 6.45) is 1.32. The molecule has 0 spiro atoms. The van der Waals surface area contributed by atoms with Gasteiger partial charge in [-0.2, -0.15) is 5.10 Å². The maximum atomic E-state index is 12.3. The molecule has 1 amide bonds. The Bertz CT molecular complexity index is 830. The highest BCUT2D eigenvalue weighted by Gasteiger charge is 2.07. The molecule has 0 atom stereocenters. The normalized spacial score (nSPS) is 10.2. The van der Waals surface area contributed by atoms with Gasteiger partial charge in [0.2, 0.25) is 0 Å². The summed E-state index contributed by atoms with van der Waals surface area (Å²) < 4.78 is 0. The average Bonchev–Trinajstić information content (AvgIpc) is 2.68. The van der Waals surface area contributed by atoms with Gasteiger partial charge < -0.3 is 5.11 Å². The van der Waals surface area contributed by atoms with Crippen LogP contribution in [0.4, 0.5) is 0 Å². The molecule has 0 saturated heterocycles. The average molecular weight is 344 g/mol. The van der Waals surface area contributed by atoms with Crippen molar-refractivity contribution >= 4 is 11.6 Å². The van der Waals surface area contributed by atoms with Crippen molar-refractivity contribution < 1.29 is 9.90 Å². The Balaban J connectivity index is 1.76. The zero-order valence-electron chi connectivity index (χ0n) is 14.3. The molecule has 3 aromatic rings. The fourth-order valence-electron chi connectivity index (χ4n) is 2.61. The Kier molecular flexibility index (Phi) is 5.78. The van der Waals surface area contributed by atoms with Crippen molar-refractivity contribution in [2.45, 2.75) is 12.8 Å². The summed E-state index contributed by atoms with van der Waals surface area (Å²) in [5.41, 5.74) is 6.23. The SMILES string of the molecule is O=C(NN=C(Cc1ccccc1)Cc1ccccc1)c1ccc(O)cc1. The number of amides is 1. The minimum atomic E-state index is -0.302. The van der Waals surface area contributed by atoms with Crippen molar-refractivity contribution in [2.75, 3.05) is 0 Å². The summed E-state index contributed by atoms with van der Waals surface area (Å²) >= 11 is 0. The number of carbonyl (C=O) groups is 1. The van der Waals surface area contributed by atoms with Gasteiger partial charge in [-0.15, -0.1) is 0 Å². The first-order chi connectivity index (χ1) is 12.7. The molecule has 0 heterocycles. The minimum Gasteiger partial charge on any atom is -0.508 e. The third-order valence-electron chi connectivity index (χ3n) is 3.95. The van der Waals surface area contributed by atoms with Crippen LogP contribution in [0, 0.1) is 0 Å². The van der Waals surface area contributed by atoms with Crippen molar-refractivity contribution in [3.8, 4) is 5.75 Å². The van der Waals surface area contributed by atoms with Crippen LogP contribution >= 0.6 is 0 Å². The van der Waals surface area contributed by atoms with Gasteiger partial charge >= 0.3 is 0 Å². The lowest BCUT2D eigenvalue weighted by atomic mass is 10.0. The molecular weight excluding hydrogens is 324 g/mol. The molecule has 26 heavy (non-hydrogen) atoms. The first kappa shape index (κ1) is 17.4. The van der Waals surface area contributed by atoms with Crippen molar-refractivity contribution in [3.63, 3.8) is 0 Å². The Morgan fingerprint density at radius 3 is 1.77 bits per heavy atom. The predicted molar refractivity (Wildman–Crippen MR) is 103 cm³/mol. The summed E-state index contributed by atoms with van der Waals surface area (Å²) in [6, 6.07) is 26.2. The molecule has 0 aliphatic heterocycles. The standard InChI is InChI=1S/C22H20N2O2/c25-21-13-11-19(12-14-21)22(26)24-23-20(15-17-7-3-1-4-8-17)16-18-9-5-2-6-10-18/h1-14,25H,15-16H2,(H,24,26). The van der Waals surface area contributed by atoms with E-state index < -0.39 is 0 Å². The molecule has 0 unspecified atom stereocenters. The molecule has 0 bridgehead atoms. The number of hydrazone groups is 1. The van der Waals surface area contributed by atoms with Crippen LogP contribution in [0.2, 0.25) is 0 Å². The number of phenolic OH excluding ortho intramolecular Hbond substituents is 1. The lowest BCUT2D eigenvalue weighted by Gasteiger charge is -2.08. The maximum Gasteiger partial charge on any atom is 0.271 e. The number of hydrogen-bond acceptors (Lipinski definition) is 3. The smallest absolute Gasteiger partial charge is 0.271 e. The van der Waals surface area contributed by atoms with E-state index in [1.54, 1.807) is 12.1 Å². The lowest BCUT2D eigenvalue weighted by molar-refractivity contribution is 0.0954. The Labute approximate surface area is 152 Å². The second-order valence-corrected chi connectivity index (χ2v) is 5.99. The van der Waals surface area contributed by atoms with E-state index in [0.29, 0.717) is 18.4 Å². The molecule has 3 aromatic carbocycles. The first-order valence-corrected chi connectivity index (χ1v) is 8.43. The lowest BCUT2D eigenvalue weighted by Crippen LogP contribution is -2.21. The van der Waals surface area contributed by atoms with Gasteiger partial charge in [0.05, 0.1) is 0 Å². The van der Waals surface area contributed by atoms with Gasteiger partial charge in [0.25, 0.3) is 5.91 Å². The van der Waals surface area contributed by atoms with E-state index in [-0.39, 0.29) is 11.7 Å². The molecule has 130 valence electrons. The van der Waals surface area contributed by atoms with E-state index in [9.17, 15) is 9.90 Å². The number of rotatable bonds is 6. The summed E-state index contributed by atoms with van der Waals surface area (Å²) in [6.45, 7) is 0. The number of carbonyl (C=O) groups excluding carboxylic acids is 1. The second kappa shape index (κ2) is 8.62. The summed E-state index contributed by atoms with van der Waals surface area (Å²) in [4.78, 5) is 12.3. The van der Waals surface area contributed by atoms with Crippen LogP contribution in [-0.4, -0.2) is 16.7 Å². The number of nitrogens with zero attached hydrogens (tertiary/aromatic N) is 1. The number of hydrogen-bond donors (Lipinski definition) is 2. The van der Waals surface area contributed by atoms with Crippen LogP contribution in [0.3, 0.4) is 0 Å². The Hall–Kier alpha value is -3.40. The summed E-state index contributed by atoms with van der Waals surface area (Å²) in [5.74, 6) is -0.178. The van der Waals surface area contributed by atoms with Crippen LogP contribution < -0.4 is 5.43 Å². The number of nitrogens with one attached hydrogen (secondary N) is 1. The van der Waals surface area contributed by atoms with Crippen LogP contribution in [0.15, 0.2) is 90.0 Å². The van der Waals surface area contributed by atoms with Crippen molar-refractivity contribution in [1.82, 2.24) is 5.43 Å². The van der Waals surface area contributed by atoms with Gasteiger partial charge in [-0.05, 0) is 35.4 Å². The third-order valence-corrected chi connectivity index (χ3v) is 3.95. The highest BCUT2D eigenvalue weighted by atomic mass is 16.3. The monoisotopic (exact) mass is 344 g/mol. The van der Waals surface area contributed by atoms with E-state index in [4.69, 9.17) is 0 Å². The van der Waals surface area contributed by atoms with Crippen LogP contribution in [0.25, 0.3) is 0 Å². The highest BCUT2D eigenvalue weighted by Crippen LogP contribution is 2.10. The molecule has 3 rings (SSSR count). The van der Waals surface area contributed by atoms with E-state index >= 15 is 0 Å². The fraction of sp³-hybridized carbons (Fsp3) is 0.0909. The first-order valence-electron chi connectivity index (χ1n) is 8.43. The van der Waals surface area contributed by atoms with Crippen molar-refractivity contribution in [3.05, 3.63) is 102 Å². The number of phenols is 1. The van der Waals surface area contributed by atoms with Crippen LogP contribution in [0.1, 0.15) is 21.5 Å². The molecule has 0 fully saturated rings. The largest absolute Gasteiger partial charge is 0.508 e. The molecule has 4 nitrogen and oxygen atoms in total. The quantitative estimate of drug-likeness (QED) is 0.525. The summed E-state index contributed by atoms with van der Waals surface area (Å²) in [5, 5.41) is 13.7. The van der Waals surface area contributed by atoms with E-state index in [1.807, 2.05) is 60.7 Å². The molecule has 2 N–H and O–H groups in total. The van der Waals surface area contributed by atoms with Gasteiger partial charge in [0, 0.05) is 24.1 Å². The molecule has 0 aliphatic carbocycles. The number of benzene rings is 3. The zero-order valence-corrected chi connectivity index (χ0v) is 14.3. The van der Waals surface area contributed by atoms with Crippen LogP contribution in [-0.2, 0) is 12.8 Å². The highest BCUT2D eigenvalue weighted by molar-refractivity contribution is 5.96. The maximum absolute atomic E-state index is 12.3. The molecule has 0 aromatic heterocycles. The van der Waals surface area contributed by atoms with E-state index in [1.165, 1.54) is 12.1 Å². The van der Waals surface area contributed by atoms with Gasteiger partial charge in [-0.25, -0.2) is 5.43 Å². The molecule has 4 heteroatoms.